The molecule has 0 aromatic heterocycles. The maximum Gasteiger partial charge on any atom is 0.231 e. The lowest BCUT2D eigenvalue weighted by Crippen LogP contribution is -1.96. The zero-order valence-electron chi connectivity index (χ0n) is 13.9. The van der Waals surface area contributed by atoms with Crippen molar-refractivity contribution < 1.29 is 17.9 Å². The van der Waals surface area contributed by atoms with Crippen LogP contribution in [0.25, 0.3) is 22.3 Å². The van der Waals surface area contributed by atoms with Crippen molar-refractivity contribution in [3.8, 4) is 33.8 Å². The van der Waals surface area contributed by atoms with Crippen LogP contribution in [0.2, 0.25) is 5.02 Å². The molecule has 3 aromatic rings. The summed E-state index contributed by atoms with van der Waals surface area (Å²) in [6, 6.07) is 18.2. The summed E-state index contributed by atoms with van der Waals surface area (Å²) in [6.45, 7) is 0.186. The van der Waals surface area contributed by atoms with Gasteiger partial charge in [-0.1, -0.05) is 35.9 Å². The van der Waals surface area contributed by atoms with Gasteiger partial charge in [0.25, 0.3) is 0 Å². The molecule has 0 bridgehead atoms. The Hall–Kier alpha value is -2.50. The molecule has 6 heteroatoms. The van der Waals surface area contributed by atoms with E-state index in [-0.39, 0.29) is 11.7 Å². The summed E-state index contributed by atoms with van der Waals surface area (Å²) in [5, 5.41) is 0.661. The van der Waals surface area contributed by atoms with Gasteiger partial charge in [0.15, 0.2) is 21.3 Å². The van der Waals surface area contributed by atoms with Crippen LogP contribution in [0.3, 0.4) is 0 Å². The van der Waals surface area contributed by atoms with Crippen molar-refractivity contribution >= 4 is 21.4 Å². The van der Waals surface area contributed by atoms with E-state index >= 15 is 0 Å². The van der Waals surface area contributed by atoms with Crippen LogP contribution in [0.5, 0.6) is 11.5 Å². The Balaban J connectivity index is 1.88. The molecule has 0 saturated carbocycles. The highest BCUT2D eigenvalue weighted by atomic mass is 35.5. The van der Waals surface area contributed by atoms with Crippen LogP contribution in [0.1, 0.15) is 0 Å². The van der Waals surface area contributed by atoms with Crippen LogP contribution in [-0.4, -0.2) is 21.5 Å². The summed E-state index contributed by atoms with van der Waals surface area (Å²) >= 11 is 6.01. The minimum absolute atomic E-state index is 0.186. The van der Waals surface area contributed by atoms with Gasteiger partial charge in [-0.25, -0.2) is 8.42 Å². The van der Waals surface area contributed by atoms with Gasteiger partial charge in [0.05, 0.1) is 4.90 Å². The molecule has 0 spiro atoms. The lowest BCUT2D eigenvalue weighted by Gasteiger charge is -2.12. The Kier molecular flexibility index (Phi) is 4.13. The number of ether oxygens (including phenoxy) is 2. The Morgan fingerprint density at radius 2 is 1.27 bits per heavy atom. The van der Waals surface area contributed by atoms with Crippen LogP contribution < -0.4 is 9.47 Å². The molecule has 26 heavy (non-hydrogen) atoms. The summed E-state index contributed by atoms with van der Waals surface area (Å²) in [6.07, 6.45) is 1.20. The molecule has 0 atom stereocenters. The van der Waals surface area contributed by atoms with E-state index < -0.39 is 9.84 Å². The summed E-state index contributed by atoms with van der Waals surface area (Å²) in [7, 11) is -3.24. The Morgan fingerprint density at radius 3 is 1.73 bits per heavy atom. The fraction of sp³-hybridized carbons (Fsp3) is 0.100. The van der Waals surface area contributed by atoms with Gasteiger partial charge >= 0.3 is 0 Å². The molecular weight excluding hydrogens is 372 g/mol. The van der Waals surface area contributed by atoms with Gasteiger partial charge in [-0.05, 0) is 58.7 Å². The number of hydrogen-bond acceptors (Lipinski definition) is 4. The predicted molar refractivity (Wildman–Crippen MR) is 102 cm³/mol. The minimum atomic E-state index is -3.24. The average molecular weight is 387 g/mol. The summed E-state index contributed by atoms with van der Waals surface area (Å²) < 4.78 is 34.4. The minimum Gasteiger partial charge on any atom is -0.454 e. The molecule has 1 aliphatic heterocycles. The standard InChI is InChI=1S/C20H15ClO4S/c1-26(22,23)16-8-4-14(5-9-16)18-11-20-19(24-12-25-20)10-17(18)13-2-6-15(21)7-3-13/h2-11H,12H2,1H3. The number of rotatable bonds is 3. The van der Waals surface area contributed by atoms with Gasteiger partial charge in [-0.2, -0.15) is 0 Å². The van der Waals surface area contributed by atoms with E-state index in [2.05, 4.69) is 0 Å². The van der Waals surface area contributed by atoms with E-state index in [0.29, 0.717) is 16.5 Å². The predicted octanol–water partition coefficient (Wildman–Crippen LogP) is 4.81. The van der Waals surface area contributed by atoms with E-state index in [0.717, 1.165) is 22.3 Å². The lowest BCUT2D eigenvalue weighted by atomic mass is 9.94. The first-order valence-corrected chi connectivity index (χ1v) is 10.2. The third-order valence-corrected chi connectivity index (χ3v) is 5.64. The first kappa shape index (κ1) is 16.9. The third kappa shape index (κ3) is 3.16. The van der Waals surface area contributed by atoms with E-state index in [4.69, 9.17) is 21.1 Å². The van der Waals surface area contributed by atoms with Crippen LogP contribution in [0.15, 0.2) is 65.6 Å². The van der Waals surface area contributed by atoms with Gasteiger partial charge in [0.1, 0.15) is 0 Å². The van der Waals surface area contributed by atoms with Gasteiger partial charge in [0, 0.05) is 11.3 Å². The fourth-order valence-corrected chi connectivity index (χ4v) is 3.69. The van der Waals surface area contributed by atoms with Crippen molar-refractivity contribution in [2.45, 2.75) is 4.90 Å². The zero-order valence-corrected chi connectivity index (χ0v) is 15.5. The maximum absolute atomic E-state index is 11.7. The molecule has 4 nitrogen and oxygen atoms in total. The highest BCUT2D eigenvalue weighted by molar-refractivity contribution is 7.90. The molecule has 3 aromatic carbocycles. The molecule has 1 heterocycles. The Morgan fingerprint density at radius 1 is 0.808 bits per heavy atom. The first-order valence-electron chi connectivity index (χ1n) is 7.92. The Labute approximate surface area is 156 Å². The maximum atomic E-state index is 11.7. The van der Waals surface area contributed by atoms with Crippen LogP contribution in [0, 0.1) is 0 Å². The molecule has 1 aliphatic rings. The molecule has 0 fully saturated rings. The number of halogens is 1. The largest absolute Gasteiger partial charge is 0.454 e. The van der Waals surface area contributed by atoms with E-state index in [9.17, 15) is 8.42 Å². The number of fused-ring (bicyclic) bond motifs is 1. The summed E-state index contributed by atoms with van der Waals surface area (Å²) in [5.74, 6) is 1.36. The van der Waals surface area contributed by atoms with Crippen molar-refractivity contribution in [1.29, 1.82) is 0 Å². The van der Waals surface area contributed by atoms with E-state index in [1.165, 1.54) is 6.26 Å². The topological polar surface area (TPSA) is 52.6 Å². The van der Waals surface area contributed by atoms with Gasteiger partial charge in [0.2, 0.25) is 6.79 Å². The van der Waals surface area contributed by atoms with Crippen LogP contribution in [0.4, 0.5) is 0 Å². The quantitative estimate of drug-likeness (QED) is 0.648. The lowest BCUT2D eigenvalue weighted by molar-refractivity contribution is 0.174. The molecule has 0 N–H and O–H groups in total. The smallest absolute Gasteiger partial charge is 0.231 e. The van der Waals surface area contributed by atoms with E-state index in [1.807, 2.05) is 36.4 Å². The normalized spacial score (nSPS) is 13.0. The molecule has 0 amide bonds. The van der Waals surface area contributed by atoms with Crippen molar-refractivity contribution in [1.82, 2.24) is 0 Å². The molecule has 0 radical (unpaired) electrons. The summed E-state index contributed by atoms with van der Waals surface area (Å²) in [4.78, 5) is 0.287. The number of sulfone groups is 1. The Bertz CT molecular complexity index is 1070. The van der Waals surface area contributed by atoms with Gasteiger partial charge in [-0.15, -0.1) is 0 Å². The highest BCUT2D eigenvalue weighted by Gasteiger charge is 2.19. The van der Waals surface area contributed by atoms with Crippen molar-refractivity contribution in [2.24, 2.45) is 0 Å². The van der Waals surface area contributed by atoms with Crippen molar-refractivity contribution in [3.05, 3.63) is 65.7 Å². The van der Waals surface area contributed by atoms with Crippen molar-refractivity contribution in [3.63, 3.8) is 0 Å². The second-order valence-electron chi connectivity index (χ2n) is 6.05. The molecular formula is C20H15ClO4S. The van der Waals surface area contributed by atoms with Crippen molar-refractivity contribution in [2.75, 3.05) is 13.0 Å². The van der Waals surface area contributed by atoms with E-state index in [1.54, 1.807) is 24.3 Å². The second-order valence-corrected chi connectivity index (χ2v) is 8.51. The average Bonchev–Trinajstić information content (AvgIpc) is 3.08. The molecule has 0 aliphatic carbocycles. The summed E-state index contributed by atoms with van der Waals surface area (Å²) in [5.41, 5.74) is 3.75. The molecule has 0 unspecified atom stereocenters. The highest BCUT2D eigenvalue weighted by Crippen LogP contribution is 2.43. The number of hydrogen-bond donors (Lipinski definition) is 0. The van der Waals surface area contributed by atoms with Gasteiger partial charge in [-0.3, -0.25) is 0 Å². The monoisotopic (exact) mass is 386 g/mol. The molecule has 132 valence electrons. The third-order valence-electron chi connectivity index (χ3n) is 4.26. The van der Waals surface area contributed by atoms with Gasteiger partial charge < -0.3 is 9.47 Å². The fourth-order valence-electron chi connectivity index (χ4n) is 2.93. The number of benzene rings is 3. The first-order chi connectivity index (χ1) is 12.4. The SMILES string of the molecule is CS(=O)(=O)c1ccc(-c2cc3c(cc2-c2ccc(Cl)cc2)OCO3)cc1. The molecule has 4 rings (SSSR count). The molecule has 0 saturated heterocycles. The van der Waals surface area contributed by atoms with Crippen LogP contribution >= 0.6 is 11.6 Å². The second kappa shape index (κ2) is 6.34. The van der Waals surface area contributed by atoms with Crippen LogP contribution in [-0.2, 0) is 9.84 Å². The zero-order chi connectivity index (χ0) is 18.3.